The molecule has 122 valence electrons. The monoisotopic (exact) mass is 323 g/mol. The number of carbonyl (C=O) groups excluding carboxylic acids is 1. The van der Waals surface area contributed by atoms with E-state index in [-0.39, 0.29) is 12.0 Å². The van der Waals surface area contributed by atoms with Gasteiger partial charge in [-0.15, -0.1) is 0 Å². The van der Waals surface area contributed by atoms with E-state index in [1.165, 1.54) is 0 Å². The lowest BCUT2D eigenvalue weighted by molar-refractivity contribution is 0.0538. The Hall–Kier alpha value is -2.93. The molecule has 1 fully saturated rings. The second-order valence-corrected chi connectivity index (χ2v) is 5.61. The number of carbonyl (C=O) groups is 1. The normalized spacial score (nSPS) is 14.9. The van der Waals surface area contributed by atoms with Crippen LogP contribution in [0.15, 0.2) is 42.7 Å². The Morgan fingerprint density at radius 1 is 1.17 bits per heavy atom. The van der Waals surface area contributed by atoms with Crippen molar-refractivity contribution in [2.24, 2.45) is 0 Å². The minimum absolute atomic E-state index is 0.0530. The van der Waals surface area contributed by atoms with Crippen molar-refractivity contribution in [3.8, 4) is 11.3 Å². The molecule has 7 nitrogen and oxygen atoms in total. The van der Waals surface area contributed by atoms with Gasteiger partial charge in [-0.25, -0.2) is 14.8 Å². The summed E-state index contributed by atoms with van der Waals surface area (Å²) in [5.74, 6) is 0.212. The first kappa shape index (κ1) is 14.6. The number of ether oxygens (including phenoxy) is 1. The highest BCUT2D eigenvalue weighted by atomic mass is 16.5. The standard InChI is InChI=1S/C17H17N5O2/c18-16-19-6-5-14(20-16)13-11-22(15-4-2-1-3-12(13)15)17(23)21-7-9-24-10-8-21/h1-6,11H,7-10H2,(H2,18,19,20). The van der Waals surface area contributed by atoms with Gasteiger partial charge in [-0.05, 0) is 12.1 Å². The summed E-state index contributed by atoms with van der Waals surface area (Å²) in [7, 11) is 0. The van der Waals surface area contributed by atoms with Crippen LogP contribution in [0.2, 0.25) is 0 Å². The van der Waals surface area contributed by atoms with Crippen LogP contribution < -0.4 is 5.73 Å². The fourth-order valence-electron chi connectivity index (χ4n) is 2.97. The highest BCUT2D eigenvalue weighted by Gasteiger charge is 2.22. The molecule has 0 unspecified atom stereocenters. The Kier molecular flexibility index (Phi) is 3.62. The van der Waals surface area contributed by atoms with Crippen molar-refractivity contribution in [2.75, 3.05) is 32.0 Å². The summed E-state index contributed by atoms with van der Waals surface area (Å²) >= 11 is 0. The molecule has 0 saturated carbocycles. The van der Waals surface area contributed by atoms with Crippen molar-refractivity contribution in [2.45, 2.75) is 0 Å². The molecule has 0 aliphatic carbocycles. The smallest absolute Gasteiger partial charge is 0.328 e. The van der Waals surface area contributed by atoms with Crippen molar-refractivity contribution >= 4 is 22.9 Å². The molecule has 2 N–H and O–H groups in total. The molecule has 0 radical (unpaired) electrons. The molecule has 0 bridgehead atoms. The molecule has 24 heavy (non-hydrogen) atoms. The number of hydrogen-bond acceptors (Lipinski definition) is 5. The van der Waals surface area contributed by atoms with Crippen molar-refractivity contribution in [1.82, 2.24) is 19.4 Å². The number of nitrogens with zero attached hydrogens (tertiary/aromatic N) is 4. The topological polar surface area (TPSA) is 86.3 Å². The lowest BCUT2D eigenvalue weighted by Gasteiger charge is -2.27. The molecule has 7 heteroatoms. The minimum Gasteiger partial charge on any atom is -0.378 e. The van der Waals surface area contributed by atoms with Gasteiger partial charge in [0.05, 0.1) is 24.4 Å². The SMILES string of the molecule is Nc1nccc(-c2cn(C(=O)N3CCOCC3)c3ccccc23)n1. The van der Waals surface area contributed by atoms with Gasteiger partial charge in [-0.1, -0.05) is 18.2 Å². The van der Waals surface area contributed by atoms with Crippen molar-refractivity contribution in [3.63, 3.8) is 0 Å². The number of nitrogen functional groups attached to an aromatic ring is 1. The molecule has 2 aromatic heterocycles. The summed E-state index contributed by atoms with van der Waals surface area (Å²) in [5, 5.41) is 0.956. The number of para-hydroxylation sites is 1. The third-order valence-corrected chi connectivity index (χ3v) is 4.15. The van der Waals surface area contributed by atoms with Gasteiger partial charge in [0.15, 0.2) is 0 Å². The molecule has 3 aromatic rings. The molecule has 0 spiro atoms. The third kappa shape index (κ3) is 2.48. The number of rotatable bonds is 1. The Morgan fingerprint density at radius 2 is 1.96 bits per heavy atom. The van der Waals surface area contributed by atoms with E-state index in [0.717, 1.165) is 16.5 Å². The summed E-state index contributed by atoms with van der Waals surface area (Å²) in [5.41, 5.74) is 8.12. The molecule has 1 amide bonds. The first-order valence-electron chi connectivity index (χ1n) is 7.80. The molecule has 1 aliphatic rings. The molecule has 0 atom stereocenters. The van der Waals surface area contributed by atoms with Gasteiger partial charge in [0.25, 0.3) is 0 Å². The Bertz CT molecular complexity index is 899. The van der Waals surface area contributed by atoms with Gasteiger partial charge in [-0.2, -0.15) is 0 Å². The first-order chi connectivity index (χ1) is 11.7. The van der Waals surface area contributed by atoms with E-state index < -0.39 is 0 Å². The summed E-state index contributed by atoms with van der Waals surface area (Å²) in [6, 6.07) is 9.52. The average molecular weight is 323 g/mol. The summed E-state index contributed by atoms with van der Waals surface area (Å²) < 4.78 is 7.00. The first-order valence-corrected chi connectivity index (χ1v) is 7.80. The van der Waals surface area contributed by atoms with Crippen LogP contribution in [0.25, 0.3) is 22.2 Å². The van der Waals surface area contributed by atoms with Crippen LogP contribution in [-0.2, 0) is 4.74 Å². The average Bonchev–Trinajstić information content (AvgIpc) is 3.01. The molecule has 4 rings (SSSR count). The molecule has 1 aromatic carbocycles. The number of amides is 1. The van der Waals surface area contributed by atoms with Crippen LogP contribution in [0, 0.1) is 0 Å². The Morgan fingerprint density at radius 3 is 2.75 bits per heavy atom. The number of aromatic nitrogens is 3. The number of anilines is 1. The van der Waals surface area contributed by atoms with Crippen LogP contribution in [0.3, 0.4) is 0 Å². The Balaban J connectivity index is 1.83. The summed E-state index contributed by atoms with van der Waals surface area (Å²) in [4.78, 5) is 22.9. The van der Waals surface area contributed by atoms with Crippen LogP contribution in [0.1, 0.15) is 0 Å². The maximum absolute atomic E-state index is 12.9. The predicted molar refractivity (Wildman–Crippen MR) is 90.6 cm³/mol. The van der Waals surface area contributed by atoms with Gasteiger partial charge in [0, 0.05) is 36.4 Å². The van der Waals surface area contributed by atoms with E-state index in [9.17, 15) is 4.79 Å². The largest absolute Gasteiger partial charge is 0.378 e. The summed E-state index contributed by atoms with van der Waals surface area (Å²) in [6.07, 6.45) is 3.44. The molecule has 1 aliphatic heterocycles. The van der Waals surface area contributed by atoms with Gasteiger partial charge < -0.3 is 15.4 Å². The number of benzene rings is 1. The van der Waals surface area contributed by atoms with E-state index in [1.54, 1.807) is 21.7 Å². The van der Waals surface area contributed by atoms with Crippen molar-refractivity contribution in [3.05, 3.63) is 42.7 Å². The molecule has 1 saturated heterocycles. The molecular weight excluding hydrogens is 306 g/mol. The van der Waals surface area contributed by atoms with Crippen LogP contribution in [-0.4, -0.2) is 51.8 Å². The van der Waals surface area contributed by atoms with E-state index in [4.69, 9.17) is 10.5 Å². The van der Waals surface area contributed by atoms with E-state index in [0.29, 0.717) is 32.0 Å². The van der Waals surface area contributed by atoms with E-state index >= 15 is 0 Å². The van der Waals surface area contributed by atoms with Crippen LogP contribution in [0.5, 0.6) is 0 Å². The van der Waals surface area contributed by atoms with E-state index in [2.05, 4.69) is 9.97 Å². The number of morpholine rings is 1. The third-order valence-electron chi connectivity index (χ3n) is 4.15. The zero-order chi connectivity index (χ0) is 16.5. The zero-order valence-corrected chi connectivity index (χ0v) is 13.1. The van der Waals surface area contributed by atoms with Crippen molar-refractivity contribution in [1.29, 1.82) is 0 Å². The minimum atomic E-state index is -0.0530. The van der Waals surface area contributed by atoms with Gasteiger partial charge in [0.2, 0.25) is 5.95 Å². The maximum atomic E-state index is 12.9. The predicted octanol–water partition coefficient (Wildman–Crippen LogP) is 1.98. The number of nitrogens with two attached hydrogens (primary N) is 1. The van der Waals surface area contributed by atoms with Crippen LogP contribution in [0.4, 0.5) is 10.7 Å². The Labute approximate surface area is 138 Å². The van der Waals surface area contributed by atoms with E-state index in [1.807, 2.05) is 30.5 Å². The maximum Gasteiger partial charge on any atom is 0.328 e. The van der Waals surface area contributed by atoms with Crippen LogP contribution >= 0.6 is 0 Å². The quantitative estimate of drug-likeness (QED) is 0.740. The lowest BCUT2D eigenvalue weighted by atomic mass is 10.1. The second kappa shape index (κ2) is 5.93. The fraction of sp³-hybridized carbons (Fsp3) is 0.235. The fourth-order valence-corrected chi connectivity index (χ4v) is 2.97. The molecular formula is C17H17N5O2. The number of fused-ring (bicyclic) bond motifs is 1. The number of hydrogen-bond donors (Lipinski definition) is 1. The lowest BCUT2D eigenvalue weighted by Crippen LogP contribution is -2.42. The zero-order valence-electron chi connectivity index (χ0n) is 13.1. The second-order valence-electron chi connectivity index (χ2n) is 5.61. The summed E-state index contributed by atoms with van der Waals surface area (Å²) in [6.45, 7) is 2.34. The van der Waals surface area contributed by atoms with Gasteiger partial charge >= 0.3 is 6.03 Å². The van der Waals surface area contributed by atoms with Crippen molar-refractivity contribution < 1.29 is 9.53 Å². The highest BCUT2D eigenvalue weighted by Crippen LogP contribution is 2.30. The molecule has 3 heterocycles. The van der Waals surface area contributed by atoms with Gasteiger partial charge in [-0.3, -0.25) is 4.57 Å². The van der Waals surface area contributed by atoms with Gasteiger partial charge in [0.1, 0.15) is 0 Å². The highest BCUT2D eigenvalue weighted by molar-refractivity contribution is 6.00.